The van der Waals surface area contributed by atoms with E-state index in [1.807, 2.05) is 0 Å². The highest BCUT2D eigenvalue weighted by Crippen LogP contribution is 2.27. The SMILES string of the molecule is Cc1cccc(C)c1C(CN)N(C)CC1CCCOC1. The molecule has 0 aromatic heterocycles. The monoisotopic (exact) mass is 276 g/mol. The molecule has 0 spiro atoms. The minimum Gasteiger partial charge on any atom is -0.381 e. The number of rotatable bonds is 5. The fraction of sp³-hybridized carbons (Fsp3) is 0.647. The fourth-order valence-corrected chi connectivity index (χ4v) is 3.36. The van der Waals surface area contributed by atoms with Crippen LogP contribution < -0.4 is 5.73 Å². The average molecular weight is 276 g/mol. The third kappa shape index (κ3) is 3.60. The first kappa shape index (κ1) is 15.5. The zero-order chi connectivity index (χ0) is 14.5. The van der Waals surface area contributed by atoms with Gasteiger partial charge in [0.15, 0.2) is 0 Å². The first-order valence-corrected chi connectivity index (χ1v) is 7.67. The lowest BCUT2D eigenvalue weighted by molar-refractivity contribution is 0.0364. The van der Waals surface area contributed by atoms with Gasteiger partial charge in [0, 0.05) is 25.7 Å². The van der Waals surface area contributed by atoms with Gasteiger partial charge in [-0.25, -0.2) is 0 Å². The molecule has 2 atom stereocenters. The number of nitrogens with zero attached hydrogens (tertiary/aromatic N) is 1. The molecule has 1 fully saturated rings. The largest absolute Gasteiger partial charge is 0.381 e. The minimum atomic E-state index is 0.304. The summed E-state index contributed by atoms with van der Waals surface area (Å²) in [6, 6.07) is 6.79. The first-order valence-electron chi connectivity index (χ1n) is 7.67. The van der Waals surface area contributed by atoms with Gasteiger partial charge >= 0.3 is 0 Å². The van der Waals surface area contributed by atoms with Gasteiger partial charge in [0.1, 0.15) is 0 Å². The quantitative estimate of drug-likeness (QED) is 0.898. The minimum absolute atomic E-state index is 0.304. The molecular formula is C17H28N2O. The fourth-order valence-electron chi connectivity index (χ4n) is 3.36. The maximum absolute atomic E-state index is 6.08. The van der Waals surface area contributed by atoms with E-state index in [0.29, 0.717) is 18.5 Å². The molecule has 0 amide bonds. The lowest BCUT2D eigenvalue weighted by Crippen LogP contribution is -2.37. The summed E-state index contributed by atoms with van der Waals surface area (Å²) in [6.45, 7) is 7.92. The van der Waals surface area contributed by atoms with Crippen molar-refractivity contribution in [3.8, 4) is 0 Å². The van der Waals surface area contributed by atoms with E-state index in [1.54, 1.807) is 0 Å². The van der Waals surface area contributed by atoms with Crippen LogP contribution in [0.1, 0.15) is 35.6 Å². The Morgan fingerprint density at radius 2 is 2.05 bits per heavy atom. The summed E-state index contributed by atoms with van der Waals surface area (Å²) in [4.78, 5) is 2.41. The van der Waals surface area contributed by atoms with Crippen LogP contribution in [-0.2, 0) is 4.74 Å². The Kier molecular flexibility index (Phi) is 5.58. The van der Waals surface area contributed by atoms with Gasteiger partial charge in [-0.05, 0) is 56.3 Å². The Bertz CT molecular complexity index is 407. The second-order valence-corrected chi connectivity index (χ2v) is 6.08. The van der Waals surface area contributed by atoms with Gasteiger partial charge in [-0.2, -0.15) is 0 Å². The van der Waals surface area contributed by atoms with Crippen LogP contribution in [0, 0.1) is 19.8 Å². The van der Waals surface area contributed by atoms with E-state index in [2.05, 4.69) is 44.0 Å². The van der Waals surface area contributed by atoms with Crippen LogP contribution in [0.15, 0.2) is 18.2 Å². The van der Waals surface area contributed by atoms with E-state index >= 15 is 0 Å². The van der Waals surface area contributed by atoms with Gasteiger partial charge in [0.05, 0.1) is 6.61 Å². The Morgan fingerprint density at radius 3 is 2.60 bits per heavy atom. The van der Waals surface area contributed by atoms with Gasteiger partial charge < -0.3 is 10.5 Å². The molecule has 2 rings (SSSR count). The predicted molar refractivity (Wildman–Crippen MR) is 83.9 cm³/mol. The van der Waals surface area contributed by atoms with Crippen molar-refractivity contribution in [2.45, 2.75) is 32.7 Å². The highest BCUT2D eigenvalue weighted by Gasteiger charge is 2.23. The Labute approximate surface area is 123 Å². The molecule has 0 radical (unpaired) electrons. The van der Waals surface area contributed by atoms with E-state index in [0.717, 1.165) is 19.8 Å². The molecule has 1 aliphatic heterocycles. The number of benzene rings is 1. The Hall–Kier alpha value is -0.900. The normalized spacial score (nSPS) is 21.1. The smallest absolute Gasteiger partial charge is 0.0506 e. The number of aryl methyl sites for hydroxylation is 2. The number of nitrogens with two attached hydrogens (primary N) is 1. The van der Waals surface area contributed by atoms with Crippen molar-refractivity contribution in [3.63, 3.8) is 0 Å². The van der Waals surface area contributed by atoms with Crippen molar-refractivity contribution in [2.75, 3.05) is 33.4 Å². The molecule has 1 aromatic carbocycles. The molecule has 3 nitrogen and oxygen atoms in total. The molecule has 2 N–H and O–H groups in total. The molecular weight excluding hydrogens is 248 g/mol. The van der Waals surface area contributed by atoms with Crippen LogP contribution in [0.5, 0.6) is 0 Å². The van der Waals surface area contributed by atoms with Crippen molar-refractivity contribution in [2.24, 2.45) is 11.7 Å². The molecule has 2 unspecified atom stereocenters. The average Bonchev–Trinajstić information content (AvgIpc) is 2.44. The summed E-state index contributed by atoms with van der Waals surface area (Å²) in [5.41, 5.74) is 10.2. The third-order valence-corrected chi connectivity index (χ3v) is 4.43. The third-order valence-electron chi connectivity index (χ3n) is 4.43. The van der Waals surface area contributed by atoms with E-state index in [4.69, 9.17) is 10.5 Å². The standard InChI is InChI=1S/C17H28N2O/c1-13-6-4-7-14(2)17(13)16(10-18)19(3)11-15-8-5-9-20-12-15/h4,6-7,15-16H,5,8-12,18H2,1-3H3. The van der Waals surface area contributed by atoms with E-state index in [1.165, 1.54) is 29.5 Å². The lowest BCUT2D eigenvalue weighted by Gasteiger charge is -2.34. The number of hydrogen-bond acceptors (Lipinski definition) is 3. The van der Waals surface area contributed by atoms with Crippen LogP contribution >= 0.6 is 0 Å². The van der Waals surface area contributed by atoms with E-state index in [9.17, 15) is 0 Å². The summed E-state index contributed by atoms with van der Waals surface area (Å²) in [7, 11) is 2.19. The lowest BCUT2D eigenvalue weighted by atomic mass is 9.94. The number of ether oxygens (including phenoxy) is 1. The highest BCUT2D eigenvalue weighted by molar-refractivity contribution is 5.36. The summed E-state index contributed by atoms with van der Waals surface area (Å²) < 4.78 is 5.59. The number of hydrogen-bond donors (Lipinski definition) is 1. The summed E-state index contributed by atoms with van der Waals surface area (Å²) in [5.74, 6) is 0.645. The van der Waals surface area contributed by atoms with Crippen molar-refractivity contribution in [3.05, 3.63) is 34.9 Å². The topological polar surface area (TPSA) is 38.5 Å². The maximum Gasteiger partial charge on any atom is 0.0506 e. The van der Waals surface area contributed by atoms with Crippen LogP contribution in [0.4, 0.5) is 0 Å². The zero-order valence-electron chi connectivity index (χ0n) is 13.1. The second-order valence-electron chi connectivity index (χ2n) is 6.08. The van der Waals surface area contributed by atoms with E-state index < -0.39 is 0 Å². The van der Waals surface area contributed by atoms with Crippen molar-refractivity contribution >= 4 is 0 Å². The highest BCUT2D eigenvalue weighted by atomic mass is 16.5. The zero-order valence-corrected chi connectivity index (χ0v) is 13.1. The van der Waals surface area contributed by atoms with Crippen molar-refractivity contribution in [1.29, 1.82) is 0 Å². The number of likely N-dealkylation sites (N-methyl/N-ethyl adjacent to an activating group) is 1. The summed E-state index contributed by atoms with van der Waals surface area (Å²) in [5, 5.41) is 0. The molecule has 3 heteroatoms. The van der Waals surface area contributed by atoms with E-state index in [-0.39, 0.29) is 0 Å². The first-order chi connectivity index (χ1) is 9.63. The van der Waals surface area contributed by atoms with Crippen LogP contribution in [0.3, 0.4) is 0 Å². The molecule has 1 saturated heterocycles. The molecule has 0 aliphatic carbocycles. The summed E-state index contributed by atoms with van der Waals surface area (Å²) >= 11 is 0. The second kappa shape index (κ2) is 7.21. The van der Waals surface area contributed by atoms with Gasteiger partial charge in [-0.3, -0.25) is 4.90 Å². The maximum atomic E-state index is 6.08. The summed E-state index contributed by atoms with van der Waals surface area (Å²) in [6.07, 6.45) is 2.46. The molecule has 20 heavy (non-hydrogen) atoms. The van der Waals surface area contributed by atoms with Crippen LogP contribution in [-0.4, -0.2) is 38.3 Å². The molecule has 1 aromatic rings. The predicted octanol–water partition coefficient (Wildman–Crippen LogP) is 2.66. The molecule has 1 heterocycles. The molecule has 112 valence electrons. The van der Waals surface area contributed by atoms with Crippen LogP contribution in [0.2, 0.25) is 0 Å². The Morgan fingerprint density at radius 1 is 1.35 bits per heavy atom. The molecule has 1 aliphatic rings. The van der Waals surface area contributed by atoms with Gasteiger partial charge in [-0.15, -0.1) is 0 Å². The molecule has 0 bridgehead atoms. The van der Waals surface area contributed by atoms with Gasteiger partial charge in [0.2, 0.25) is 0 Å². The van der Waals surface area contributed by atoms with Crippen molar-refractivity contribution in [1.82, 2.24) is 4.90 Å². The van der Waals surface area contributed by atoms with Gasteiger partial charge in [-0.1, -0.05) is 18.2 Å². The van der Waals surface area contributed by atoms with Crippen molar-refractivity contribution < 1.29 is 4.74 Å². The molecule has 0 saturated carbocycles. The Balaban J connectivity index is 2.10. The van der Waals surface area contributed by atoms with Gasteiger partial charge in [0.25, 0.3) is 0 Å². The van der Waals surface area contributed by atoms with Crippen LogP contribution in [0.25, 0.3) is 0 Å².